The Morgan fingerprint density at radius 1 is 0.926 bits per heavy atom. The Morgan fingerprint density at radius 3 is 2.19 bits per heavy atom. The molecule has 8 nitrogen and oxygen atoms in total. The summed E-state index contributed by atoms with van der Waals surface area (Å²) >= 11 is 0. The lowest BCUT2D eigenvalue weighted by atomic mass is 9.98. The van der Waals surface area contributed by atoms with Crippen molar-refractivity contribution in [1.82, 2.24) is 0 Å². The molecule has 0 saturated carbocycles. The molecule has 4 rings (SSSR count). The van der Waals surface area contributed by atoms with Crippen LogP contribution in [0.15, 0.2) is 24.3 Å². The van der Waals surface area contributed by atoms with Gasteiger partial charge in [-0.1, -0.05) is 0 Å². The van der Waals surface area contributed by atoms with Crippen LogP contribution in [0.25, 0.3) is 0 Å². The van der Waals surface area contributed by atoms with Gasteiger partial charge in [-0.3, -0.25) is 4.79 Å². The molecule has 1 aromatic rings. The van der Waals surface area contributed by atoms with Crippen LogP contribution in [0, 0.1) is 0 Å². The standard InChI is InChI=1S/C19H25NO7/c1-18(2)24-12-13(25-18)15-17(27-19(3,4)26-15)23-14(12)16(21)20-10-6-8-11(22-5)9-7-10/h6-9,12-15,17H,1-5H3,(H,20,21)/t12-,13-,14-,15-,17-/m1/s1. The van der Waals surface area contributed by atoms with Crippen LogP contribution >= 0.6 is 0 Å². The second-order valence-electron chi connectivity index (χ2n) is 7.81. The maximum Gasteiger partial charge on any atom is 0.256 e. The molecule has 3 saturated heterocycles. The van der Waals surface area contributed by atoms with E-state index in [0.29, 0.717) is 11.4 Å². The number of methoxy groups -OCH3 is 1. The summed E-state index contributed by atoms with van der Waals surface area (Å²) in [5.41, 5.74) is 0.630. The van der Waals surface area contributed by atoms with Crippen LogP contribution in [0.1, 0.15) is 27.7 Å². The number of fused-ring (bicyclic) bond motifs is 3. The predicted molar refractivity (Wildman–Crippen MR) is 94.1 cm³/mol. The molecule has 0 aromatic heterocycles. The maximum absolute atomic E-state index is 12.9. The van der Waals surface area contributed by atoms with Crippen LogP contribution in [0.4, 0.5) is 5.69 Å². The summed E-state index contributed by atoms with van der Waals surface area (Å²) in [6.45, 7) is 7.22. The smallest absolute Gasteiger partial charge is 0.256 e. The molecule has 0 bridgehead atoms. The first-order valence-corrected chi connectivity index (χ1v) is 8.99. The fourth-order valence-electron chi connectivity index (χ4n) is 3.71. The first kappa shape index (κ1) is 18.6. The van der Waals surface area contributed by atoms with Crippen LogP contribution in [0.3, 0.4) is 0 Å². The van der Waals surface area contributed by atoms with E-state index < -0.39 is 42.3 Å². The van der Waals surface area contributed by atoms with Gasteiger partial charge in [0.1, 0.15) is 24.1 Å². The van der Waals surface area contributed by atoms with Crippen molar-refractivity contribution in [2.75, 3.05) is 12.4 Å². The third-order valence-electron chi connectivity index (χ3n) is 4.77. The zero-order valence-electron chi connectivity index (χ0n) is 16.1. The average Bonchev–Trinajstić information content (AvgIpc) is 3.08. The molecule has 1 amide bonds. The molecular weight excluding hydrogens is 354 g/mol. The fourth-order valence-corrected chi connectivity index (χ4v) is 3.71. The quantitative estimate of drug-likeness (QED) is 0.860. The van der Waals surface area contributed by atoms with E-state index in [9.17, 15) is 4.79 Å². The Morgan fingerprint density at radius 2 is 1.52 bits per heavy atom. The summed E-state index contributed by atoms with van der Waals surface area (Å²) in [4.78, 5) is 12.9. The Labute approximate surface area is 158 Å². The lowest BCUT2D eigenvalue weighted by molar-refractivity contribution is -0.229. The van der Waals surface area contributed by atoms with Gasteiger partial charge in [-0.2, -0.15) is 0 Å². The third-order valence-corrected chi connectivity index (χ3v) is 4.77. The molecule has 148 valence electrons. The van der Waals surface area contributed by atoms with Gasteiger partial charge < -0.3 is 33.7 Å². The van der Waals surface area contributed by atoms with Gasteiger partial charge in [-0.05, 0) is 52.0 Å². The molecule has 3 aliphatic rings. The number of hydrogen-bond acceptors (Lipinski definition) is 7. The number of benzene rings is 1. The first-order valence-electron chi connectivity index (χ1n) is 8.99. The number of carbonyl (C=O) groups is 1. The molecule has 1 aromatic carbocycles. The van der Waals surface area contributed by atoms with E-state index in [4.69, 9.17) is 28.4 Å². The monoisotopic (exact) mass is 379 g/mol. The first-order chi connectivity index (χ1) is 12.7. The van der Waals surface area contributed by atoms with Crippen molar-refractivity contribution in [3.63, 3.8) is 0 Å². The van der Waals surface area contributed by atoms with Crippen LogP contribution in [0.5, 0.6) is 5.75 Å². The minimum atomic E-state index is -0.891. The SMILES string of the molecule is COc1ccc(NC(=O)[C@@H]2O[C@@H]3OC(C)(C)O[C@@H]3[C@@H]3OC(C)(C)O[C@H]32)cc1. The van der Waals surface area contributed by atoms with Crippen molar-refractivity contribution in [2.45, 2.75) is 70.0 Å². The molecule has 8 heteroatoms. The molecule has 0 spiro atoms. The van der Waals surface area contributed by atoms with Crippen LogP contribution < -0.4 is 10.1 Å². The fraction of sp³-hybridized carbons (Fsp3) is 0.632. The number of anilines is 1. The molecule has 0 unspecified atom stereocenters. The van der Waals surface area contributed by atoms with E-state index in [1.807, 2.05) is 0 Å². The molecule has 3 fully saturated rings. The number of rotatable bonds is 3. The van der Waals surface area contributed by atoms with Crippen LogP contribution in [-0.2, 0) is 28.5 Å². The highest BCUT2D eigenvalue weighted by Crippen LogP contribution is 2.44. The summed E-state index contributed by atoms with van der Waals surface area (Å²) in [6.07, 6.45) is -3.12. The highest BCUT2D eigenvalue weighted by atomic mass is 16.9. The van der Waals surface area contributed by atoms with Gasteiger partial charge in [-0.15, -0.1) is 0 Å². The highest BCUT2D eigenvalue weighted by Gasteiger charge is 2.62. The van der Waals surface area contributed by atoms with Gasteiger partial charge >= 0.3 is 0 Å². The number of carbonyl (C=O) groups excluding carboxylic acids is 1. The van der Waals surface area contributed by atoms with Gasteiger partial charge in [0.05, 0.1) is 7.11 Å². The van der Waals surface area contributed by atoms with E-state index in [1.54, 1.807) is 59.1 Å². The highest BCUT2D eigenvalue weighted by molar-refractivity contribution is 5.94. The molecule has 0 radical (unpaired) electrons. The number of amides is 1. The van der Waals surface area contributed by atoms with Crippen molar-refractivity contribution >= 4 is 11.6 Å². The van der Waals surface area contributed by atoms with Gasteiger partial charge in [0.25, 0.3) is 5.91 Å². The van der Waals surface area contributed by atoms with Gasteiger partial charge in [0.15, 0.2) is 24.0 Å². The molecule has 3 aliphatic heterocycles. The van der Waals surface area contributed by atoms with Crippen LogP contribution in [-0.4, -0.2) is 55.3 Å². The summed E-state index contributed by atoms with van der Waals surface area (Å²) in [7, 11) is 1.59. The minimum absolute atomic E-state index is 0.330. The second kappa shape index (κ2) is 6.42. The molecule has 5 atom stereocenters. The van der Waals surface area contributed by atoms with Gasteiger partial charge in [0, 0.05) is 5.69 Å². The molecule has 1 N–H and O–H groups in total. The lowest BCUT2D eigenvalue weighted by Gasteiger charge is -2.36. The number of ether oxygens (including phenoxy) is 6. The van der Waals surface area contributed by atoms with Crippen molar-refractivity contribution in [1.29, 1.82) is 0 Å². The maximum atomic E-state index is 12.9. The zero-order chi connectivity index (χ0) is 19.4. The third kappa shape index (κ3) is 3.55. The normalized spacial score (nSPS) is 36.0. The topological polar surface area (TPSA) is 84.5 Å². The van der Waals surface area contributed by atoms with Crippen molar-refractivity contribution in [3.05, 3.63) is 24.3 Å². The second-order valence-corrected chi connectivity index (χ2v) is 7.81. The Balaban J connectivity index is 1.55. The largest absolute Gasteiger partial charge is 0.497 e. The molecule has 0 aliphatic carbocycles. The lowest BCUT2D eigenvalue weighted by Crippen LogP contribution is -2.58. The molecule has 3 heterocycles. The Bertz CT molecular complexity index is 717. The van der Waals surface area contributed by atoms with E-state index in [2.05, 4.69) is 5.32 Å². The minimum Gasteiger partial charge on any atom is -0.497 e. The summed E-state index contributed by atoms with van der Waals surface area (Å²) < 4.78 is 34.8. The van der Waals surface area contributed by atoms with Crippen LogP contribution in [0.2, 0.25) is 0 Å². The predicted octanol–water partition coefficient (Wildman–Crippen LogP) is 2.03. The average molecular weight is 379 g/mol. The van der Waals surface area contributed by atoms with Gasteiger partial charge in [-0.25, -0.2) is 0 Å². The zero-order valence-corrected chi connectivity index (χ0v) is 16.1. The summed E-state index contributed by atoms with van der Waals surface area (Å²) in [6, 6.07) is 7.05. The van der Waals surface area contributed by atoms with Gasteiger partial charge in [0.2, 0.25) is 0 Å². The number of hydrogen-bond donors (Lipinski definition) is 1. The van der Waals surface area contributed by atoms with Crippen molar-refractivity contribution < 1.29 is 33.2 Å². The molecular formula is C19H25NO7. The Kier molecular flexibility index (Phi) is 4.44. The van der Waals surface area contributed by atoms with Crippen molar-refractivity contribution in [3.8, 4) is 5.75 Å². The van der Waals surface area contributed by atoms with E-state index in [0.717, 1.165) is 0 Å². The summed E-state index contributed by atoms with van der Waals surface area (Å²) in [5.74, 6) is -1.29. The van der Waals surface area contributed by atoms with E-state index >= 15 is 0 Å². The molecule has 27 heavy (non-hydrogen) atoms. The number of nitrogens with one attached hydrogen (secondary N) is 1. The van der Waals surface area contributed by atoms with Crippen molar-refractivity contribution in [2.24, 2.45) is 0 Å². The summed E-state index contributed by atoms with van der Waals surface area (Å²) in [5, 5.41) is 2.85. The Hall–Kier alpha value is -1.71. The van der Waals surface area contributed by atoms with E-state index in [1.165, 1.54) is 0 Å². The van der Waals surface area contributed by atoms with E-state index in [-0.39, 0.29) is 5.91 Å².